The van der Waals surface area contributed by atoms with E-state index in [2.05, 4.69) is 9.88 Å². The molecular formula is C26H36N2O3. The topological polar surface area (TPSA) is 62.4 Å². The lowest BCUT2D eigenvalue weighted by Gasteiger charge is -2.44. The number of ketones is 1. The second kappa shape index (κ2) is 10.3. The lowest BCUT2D eigenvalue weighted by Crippen LogP contribution is -2.49. The molecule has 1 aliphatic heterocycles. The molecule has 1 N–H and O–H groups in total. The predicted molar refractivity (Wildman–Crippen MR) is 123 cm³/mol. The Kier molecular flexibility index (Phi) is 7.31. The third-order valence-electron chi connectivity index (χ3n) is 7.29. The fourth-order valence-corrected chi connectivity index (χ4v) is 5.61. The third-order valence-corrected chi connectivity index (χ3v) is 7.29. The number of fused-ring (bicyclic) bond motifs is 2. The van der Waals surface area contributed by atoms with Crippen LogP contribution >= 0.6 is 0 Å². The van der Waals surface area contributed by atoms with Crippen molar-refractivity contribution in [3.63, 3.8) is 0 Å². The minimum absolute atomic E-state index is 0.275. The fraction of sp³-hybridized carbons (Fsp3) is 0.615. The van der Waals surface area contributed by atoms with Gasteiger partial charge >= 0.3 is 0 Å². The monoisotopic (exact) mass is 424 g/mol. The van der Waals surface area contributed by atoms with Crippen LogP contribution < -0.4 is 4.74 Å². The summed E-state index contributed by atoms with van der Waals surface area (Å²) >= 11 is 0. The fourth-order valence-electron chi connectivity index (χ4n) is 5.61. The maximum Gasteiger partial charge on any atom is 0.222 e. The zero-order valence-electron chi connectivity index (χ0n) is 18.8. The zero-order chi connectivity index (χ0) is 21.6. The first-order chi connectivity index (χ1) is 15.2. The van der Waals surface area contributed by atoms with Crippen LogP contribution in [0.3, 0.4) is 0 Å². The van der Waals surface area contributed by atoms with Crippen LogP contribution in [0.15, 0.2) is 24.4 Å². The number of piperidine rings is 1. The normalized spacial score (nSPS) is 21.1. The number of aromatic amines is 1. The molecule has 2 fully saturated rings. The van der Waals surface area contributed by atoms with E-state index < -0.39 is 0 Å². The molecular weight excluding hydrogens is 388 g/mol. The Hall–Kier alpha value is -2.30. The van der Waals surface area contributed by atoms with Crippen LogP contribution in [0, 0.1) is 5.92 Å². The highest BCUT2D eigenvalue weighted by atomic mass is 16.5. The molecule has 1 aromatic carbocycles. The number of carbonyl (C=O) groups is 2. The van der Waals surface area contributed by atoms with Gasteiger partial charge in [-0.1, -0.05) is 12.8 Å². The highest BCUT2D eigenvalue weighted by Crippen LogP contribution is 2.35. The number of H-pyrrole nitrogens is 1. The van der Waals surface area contributed by atoms with E-state index in [0.717, 1.165) is 43.0 Å². The first-order valence-corrected chi connectivity index (χ1v) is 12.1. The number of Topliss-reactive ketones (excluding diaryl/α,β-unsaturated/α-hetero) is 1. The van der Waals surface area contributed by atoms with Crippen LogP contribution in [0.4, 0.5) is 0 Å². The molecule has 0 spiro atoms. The van der Waals surface area contributed by atoms with E-state index in [4.69, 9.17) is 4.74 Å². The molecule has 2 aromatic rings. The van der Waals surface area contributed by atoms with Gasteiger partial charge in [0, 0.05) is 48.9 Å². The maximum absolute atomic E-state index is 12.8. The Bertz CT molecular complexity index is 901. The van der Waals surface area contributed by atoms with Gasteiger partial charge in [0.1, 0.15) is 11.5 Å². The molecule has 5 nitrogen and oxygen atoms in total. The Morgan fingerprint density at radius 1 is 1.06 bits per heavy atom. The number of ether oxygens (including phenoxy) is 1. The standard InChI is InChI=1S/C26H36N2O3/c1-31-22-14-15-24-23(17-22)20(18-27-24)8-4-10-21(29)11-5-13-26(30)28-16-6-9-19-7-2-3-12-25(19)28/h14-15,17-19,25,27H,2-13,16H2,1H3. The minimum atomic E-state index is 0.275. The van der Waals surface area contributed by atoms with Crippen LogP contribution in [0.2, 0.25) is 0 Å². The van der Waals surface area contributed by atoms with Crippen molar-refractivity contribution in [2.75, 3.05) is 13.7 Å². The first kappa shape index (κ1) is 21.9. The molecule has 1 saturated heterocycles. The second-order valence-electron chi connectivity index (χ2n) is 9.31. The second-order valence-corrected chi connectivity index (χ2v) is 9.31. The van der Waals surface area contributed by atoms with Gasteiger partial charge in [0.2, 0.25) is 5.91 Å². The van der Waals surface area contributed by atoms with Crippen molar-refractivity contribution >= 4 is 22.6 Å². The quantitative estimate of drug-likeness (QED) is 0.585. The number of aromatic nitrogens is 1. The molecule has 0 bridgehead atoms. The number of nitrogens with zero attached hydrogens (tertiary/aromatic N) is 1. The number of rotatable bonds is 9. The summed E-state index contributed by atoms with van der Waals surface area (Å²) in [7, 11) is 1.68. The average molecular weight is 425 g/mol. The summed E-state index contributed by atoms with van der Waals surface area (Å²) in [5, 5.41) is 1.17. The van der Waals surface area contributed by atoms with Crippen molar-refractivity contribution < 1.29 is 14.3 Å². The summed E-state index contributed by atoms with van der Waals surface area (Å²) in [4.78, 5) is 30.6. The van der Waals surface area contributed by atoms with E-state index in [1.54, 1.807) is 7.11 Å². The Labute approximate surface area is 185 Å². The van der Waals surface area contributed by atoms with E-state index in [1.165, 1.54) is 43.1 Å². The van der Waals surface area contributed by atoms with Crippen LogP contribution in [-0.2, 0) is 16.0 Å². The highest BCUT2D eigenvalue weighted by molar-refractivity contribution is 5.85. The number of amides is 1. The molecule has 2 unspecified atom stereocenters. The van der Waals surface area contributed by atoms with Crippen molar-refractivity contribution in [3.8, 4) is 5.75 Å². The molecule has 31 heavy (non-hydrogen) atoms. The van der Waals surface area contributed by atoms with Crippen molar-refractivity contribution in [1.82, 2.24) is 9.88 Å². The largest absolute Gasteiger partial charge is 0.497 e. The Morgan fingerprint density at radius 2 is 1.87 bits per heavy atom. The number of hydrogen-bond donors (Lipinski definition) is 1. The number of nitrogens with one attached hydrogen (secondary N) is 1. The molecule has 4 rings (SSSR count). The lowest BCUT2D eigenvalue weighted by molar-refractivity contribution is -0.137. The number of carbonyl (C=O) groups excluding carboxylic acids is 2. The van der Waals surface area contributed by atoms with Crippen molar-refractivity contribution in [3.05, 3.63) is 30.0 Å². The molecule has 1 aliphatic carbocycles. The summed E-state index contributed by atoms with van der Waals surface area (Å²) < 4.78 is 5.33. The third kappa shape index (κ3) is 5.31. The number of benzene rings is 1. The number of likely N-dealkylation sites (tertiary alicyclic amines) is 1. The van der Waals surface area contributed by atoms with Crippen molar-refractivity contribution in [2.45, 2.75) is 83.1 Å². The predicted octanol–water partition coefficient (Wildman–Crippen LogP) is 5.42. The van der Waals surface area contributed by atoms with Crippen molar-refractivity contribution in [2.24, 2.45) is 5.92 Å². The van der Waals surface area contributed by atoms with E-state index in [0.29, 0.717) is 31.7 Å². The van der Waals surface area contributed by atoms with Gasteiger partial charge in [-0.25, -0.2) is 0 Å². The van der Waals surface area contributed by atoms with Crippen LogP contribution in [0.5, 0.6) is 5.75 Å². The maximum atomic E-state index is 12.8. The Morgan fingerprint density at radius 3 is 2.74 bits per heavy atom. The summed E-state index contributed by atoms with van der Waals surface area (Å²) in [6, 6.07) is 6.50. The Balaban J connectivity index is 1.18. The lowest BCUT2D eigenvalue weighted by atomic mass is 9.78. The van der Waals surface area contributed by atoms with Gasteiger partial charge < -0.3 is 14.6 Å². The van der Waals surface area contributed by atoms with E-state index in [9.17, 15) is 9.59 Å². The first-order valence-electron chi connectivity index (χ1n) is 12.1. The summed E-state index contributed by atoms with van der Waals surface area (Å²) in [6.07, 6.45) is 13.5. The van der Waals surface area contributed by atoms with Gasteiger partial charge in [-0.15, -0.1) is 0 Å². The molecule has 168 valence electrons. The summed E-state index contributed by atoms with van der Waals surface area (Å²) in [5.74, 6) is 2.12. The highest BCUT2D eigenvalue weighted by Gasteiger charge is 2.35. The van der Waals surface area contributed by atoms with Gasteiger partial charge in [0.15, 0.2) is 0 Å². The number of hydrogen-bond acceptors (Lipinski definition) is 3. The van der Waals surface area contributed by atoms with Gasteiger partial charge in [0.05, 0.1) is 7.11 Å². The van der Waals surface area contributed by atoms with E-state index >= 15 is 0 Å². The SMILES string of the molecule is COc1ccc2[nH]cc(CCCC(=O)CCCC(=O)N3CCCC4CCCCC43)c2c1. The molecule has 0 radical (unpaired) electrons. The molecule has 2 heterocycles. The molecule has 1 saturated carbocycles. The minimum Gasteiger partial charge on any atom is -0.497 e. The molecule has 2 aliphatic rings. The van der Waals surface area contributed by atoms with Crippen LogP contribution in [-0.4, -0.2) is 41.3 Å². The van der Waals surface area contributed by atoms with Gasteiger partial charge in [0.25, 0.3) is 0 Å². The molecule has 1 aromatic heterocycles. The molecule has 1 amide bonds. The molecule has 5 heteroatoms. The van der Waals surface area contributed by atoms with E-state index in [-0.39, 0.29) is 11.7 Å². The van der Waals surface area contributed by atoms with Gasteiger partial charge in [-0.05, 0) is 74.6 Å². The number of aryl methyl sites for hydroxylation is 1. The molecule has 2 atom stereocenters. The smallest absolute Gasteiger partial charge is 0.222 e. The van der Waals surface area contributed by atoms with Gasteiger partial charge in [-0.2, -0.15) is 0 Å². The van der Waals surface area contributed by atoms with Crippen LogP contribution in [0.25, 0.3) is 10.9 Å². The van der Waals surface area contributed by atoms with Crippen molar-refractivity contribution in [1.29, 1.82) is 0 Å². The van der Waals surface area contributed by atoms with E-state index in [1.807, 2.05) is 24.4 Å². The summed E-state index contributed by atoms with van der Waals surface area (Å²) in [5.41, 5.74) is 2.32. The number of methoxy groups -OCH3 is 1. The van der Waals surface area contributed by atoms with Gasteiger partial charge in [-0.3, -0.25) is 9.59 Å². The average Bonchev–Trinajstić information content (AvgIpc) is 3.20. The summed E-state index contributed by atoms with van der Waals surface area (Å²) in [6.45, 7) is 0.920. The van der Waals surface area contributed by atoms with Crippen LogP contribution in [0.1, 0.15) is 76.2 Å². The zero-order valence-corrected chi connectivity index (χ0v) is 18.8.